The molecule has 0 bridgehead atoms. The molecule has 1 unspecified atom stereocenters. The van der Waals surface area contributed by atoms with Gasteiger partial charge in [-0.2, -0.15) is 0 Å². The molecule has 12 heavy (non-hydrogen) atoms. The maximum atomic E-state index is 2.36. The summed E-state index contributed by atoms with van der Waals surface area (Å²) >= 11 is 0. The van der Waals surface area contributed by atoms with Gasteiger partial charge >= 0.3 is 0 Å². The highest BCUT2D eigenvalue weighted by Crippen LogP contribution is 2.15. The lowest BCUT2D eigenvalue weighted by Gasteiger charge is -2.08. The molecule has 0 aliphatic rings. The molecule has 0 heterocycles. The molecule has 0 rings (SSSR count). The highest BCUT2D eigenvalue weighted by Gasteiger charge is 1.98. The maximum absolute atomic E-state index is 2.36. The van der Waals surface area contributed by atoms with E-state index in [1.807, 2.05) is 0 Å². The fourth-order valence-electron chi connectivity index (χ4n) is 1.35. The Kier molecular flexibility index (Phi) is 7.64. The average Bonchev–Trinajstić information content (AvgIpc) is 2.03. The van der Waals surface area contributed by atoms with Crippen molar-refractivity contribution in [3.8, 4) is 0 Å². The van der Waals surface area contributed by atoms with Gasteiger partial charge in [0, 0.05) is 0 Å². The lowest BCUT2D eigenvalue weighted by Crippen LogP contribution is -1.92. The van der Waals surface area contributed by atoms with Crippen molar-refractivity contribution in [2.24, 2.45) is 5.92 Å². The van der Waals surface area contributed by atoms with Crippen LogP contribution in [-0.2, 0) is 0 Å². The van der Waals surface area contributed by atoms with Crippen molar-refractivity contribution >= 4 is 0 Å². The Bertz CT molecular complexity index is 84.0. The summed E-state index contributed by atoms with van der Waals surface area (Å²) in [5, 5.41) is 0. The molecule has 0 amide bonds. The van der Waals surface area contributed by atoms with E-state index in [0.29, 0.717) is 0 Å². The van der Waals surface area contributed by atoms with E-state index in [4.69, 9.17) is 0 Å². The van der Waals surface area contributed by atoms with Gasteiger partial charge in [-0.25, -0.2) is 0 Å². The molecule has 0 saturated heterocycles. The standard InChI is InChI=1S/C12H25/c1-5-12(4)10-8-6-7-9-11(2)3/h12H,5-10H2,1-4H3. The Hall–Kier alpha value is 0. The van der Waals surface area contributed by atoms with E-state index < -0.39 is 0 Å². The van der Waals surface area contributed by atoms with Gasteiger partial charge in [-0.05, 0) is 18.3 Å². The third-order valence-corrected chi connectivity index (χ3v) is 2.57. The Balaban J connectivity index is 3.00. The molecule has 0 saturated carbocycles. The zero-order valence-electron chi connectivity index (χ0n) is 9.32. The molecule has 0 aromatic rings. The summed E-state index contributed by atoms with van der Waals surface area (Å²) in [7, 11) is 0. The zero-order valence-corrected chi connectivity index (χ0v) is 9.32. The first-order chi connectivity index (χ1) is 5.66. The third kappa shape index (κ3) is 8.10. The summed E-state index contributed by atoms with van der Waals surface area (Å²) in [5.74, 6) is 2.52. The minimum absolute atomic E-state index is 0.941. The van der Waals surface area contributed by atoms with Gasteiger partial charge in [0.2, 0.25) is 0 Å². The molecule has 0 aliphatic heterocycles. The molecular weight excluding hydrogens is 144 g/mol. The van der Waals surface area contributed by atoms with E-state index in [-0.39, 0.29) is 0 Å². The Morgan fingerprint density at radius 1 is 1.08 bits per heavy atom. The van der Waals surface area contributed by atoms with E-state index in [0.717, 1.165) is 5.92 Å². The van der Waals surface area contributed by atoms with Crippen LogP contribution in [0.4, 0.5) is 0 Å². The lowest BCUT2D eigenvalue weighted by molar-refractivity contribution is 0.476. The minimum atomic E-state index is 0.941. The highest BCUT2D eigenvalue weighted by molar-refractivity contribution is 4.75. The summed E-state index contributed by atoms with van der Waals surface area (Å²) in [4.78, 5) is 0. The van der Waals surface area contributed by atoms with Crippen molar-refractivity contribution in [3.63, 3.8) is 0 Å². The van der Waals surface area contributed by atoms with E-state index in [1.54, 1.807) is 5.92 Å². The van der Waals surface area contributed by atoms with Crippen LogP contribution in [0.3, 0.4) is 0 Å². The fraction of sp³-hybridized carbons (Fsp3) is 0.917. The molecular formula is C12H25. The molecule has 0 aromatic heterocycles. The summed E-state index contributed by atoms with van der Waals surface area (Å²) in [6.07, 6.45) is 8.37. The average molecular weight is 169 g/mol. The molecule has 0 nitrogen and oxygen atoms in total. The SMILES string of the molecule is CCC(C)CCCCC[C](C)C. The van der Waals surface area contributed by atoms with Crippen LogP contribution in [0.2, 0.25) is 0 Å². The predicted octanol–water partition coefficient (Wildman–Crippen LogP) is 4.60. The van der Waals surface area contributed by atoms with E-state index in [9.17, 15) is 0 Å². The van der Waals surface area contributed by atoms with Gasteiger partial charge in [0.1, 0.15) is 0 Å². The molecule has 0 spiro atoms. The summed E-state index contributed by atoms with van der Waals surface area (Å²) in [6.45, 7) is 9.11. The molecule has 0 aromatic carbocycles. The van der Waals surface area contributed by atoms with Crippen LogP contribution < -0.4 is 0 Å². The second-order valence-corrected chi connectivity index (χ2v) is 4.32. The first-order valence-corrected chi connectivity index (χ1v) is 5.45. The maximum Gasteiger partial charge on any atom is -0.0303 e. The van der Waals surface area contributed by atoms with Gasteiger partial charge < -0.3 is 0 Å². The van der Waals surface area contributed by atoms with Crippen molar-refractivity contribution in [2.45, 2.75) is 66.2 Å². The van der Waals surface area contributed by atoms with Crippen LogP contribution >= 0.6 is 0 Å². The Labute approximate surface area is 78.8 Å². The second-order valence-electron chi connectivity index (χ2n) is 4.32. The summed E-state index contributed by atoms with van der Waals surface area (Å²) < 4.78 is 0. The second kappa shape index (κ2) is 7.64. The lowest BCUT2D eigenvalue weighted by atomic mass is 9.99. The minimum Gasteiger partial charge on any atom is -0.0651 e. The molecule has 73 valence electrons. The molecule has 0 heteroatoms. The summed E-state index contributed by atoms with van der Waals surface area (Å²) in [6, 6.07) is 0. The van der Waals surface area contributed by atoms with E-state index in [1.165, 1.54) is 38.5 Å². The number of hydrogen-bond acceptors (Lipinski definition) is 0. The van der Waals surface area contributed by atoms with Crippen LogP contribution in [0.5, 0.6) is 0 Å². The van der Waals surface area contributed by atoms with Gasteiger partial charge in [0.25, 0.3) is 0 Å². The number of hydrogen-bond donors (Lipinski definition) is 0. The Morgan fingerprint density at radius 2 is 1.75 bits per heavy atom. The largest absolute Gasteiger partial charge is 0.0651 e. The smallest absolute Gasteiger partial charge is 0.0303 e. The van der Waals surface area contributed by atoms with Crippen molar-refractivity contribution in [1.29, 1.82) is 0 Å². The van der Waals surface area contributed by atoms with E-state index >= 15 is 0 Å². The molecule has 1 atom stereocenters. The van der Waals surface area contributed by atoms with Gasteiger partial charge in [0.15, 0.2) is 0 Å². The first-order valence-electron chi connectivity index (χ1n) is 5.45. The van der Waals surface area contributed by atoms with Gasteiger partial charge in [-0.15, -0.1) is 0 Å². The van der Waals surface area contributed by atoms with Gasteiger partial charge in [-0.3, -0.25) is 0 Å². The molecule has 0 fully saturated rings. The Morgan fingerprint density at radius 3 is 2.25 bits per heavy atom. The predicted molar refractivity (Wildman–Crippen MR) is 57.1 cm³/mol. The van der Waals surface area contributed by atoms with Crippen LogP contribution in [0.1, 0.15) is 66.2 Å². The third-order valence-electron chi connectivity index (χ3n) is 2.57. The van der Waals surface area contributed by atoms with Crippen LogP contribution in [0.15, 0.2) is 0 Å². The van der Waals surface area contributed by atoms with Gasteiger partial charge in [-0.1, -0.05) is 59.8 Å². The molecule has 0 aliphatic carbocycles. The van der Waals surface area contributed by atoms with Crippen molar-refractivity contribution in [1.82, 2.24) is 0 Å². The number of unbranched alkanes of at least 4 members (excludes halogenated alkanes) is 2. The summed E-state index contributed by atoms with van der Waals surface area (Å²) in [5.41, 5.74) is 0. The first kappa shape index (κ1) is 12.0. The highest BCUT2D eigenvalue weighted by atomic mass is 14.0. The van der Waals surface area contributed by atoms with E-state index in [2.05, 4.69) is 27.7 Å². The van der Waals surface area contributed by atoms with Crippen LogP contribution in [0.25, 0.3) is 0 Å². The van der Waals surface area contributed by atoms with Crippen molar-refractivity contribution in [2.75, 3.05) is 0 Å². The quantitative estimate of drug-likeness (QED) is 0.489. The fourth-order valence-corrected chi connectivity index (χ4v) is 1.35. The molecule has 0 N–H and O–H groups in total. The number of rotatable bonds is 7. The van der Waals surface area contributed by atoms with Crippen LogP contribution in [0, 0.1) is 11.8 Å². The topological polar surface area (TPSA) is 0 Å². The zero-order chi connectivity index (χ0) is 9.40. The normalized spacial score (nSPS) is 13.8. The van der Waals surface area contributed by atoms with Crippen molar-refractivity contribution in [3.05, 3.63) is 5.92 Å². The monoisotopic (exact) mass is 169 g/mol. The van der Waals surface area contributed by atoms with Gasteiger partial charge in [0.05, 0.1) is 0 Å². The van der Waals surface area contributed by atoms with Crippen LogP contribution in [-0.4, -0.2) is 0 Å². The van der Waals surface area contributed by atoms with Crippen molar-refractivity contribution < 1.29 is 0 Å². The molecule has 1 radical (unpaired) electrons.